The first-order valence-corrected chi connectivity index (χ1v) is 4.12. The maximum Gasteiger partial charge on any atom is 0.0441 e. The van der Waals surface area contributed by atoms with E-state index in [1.807, 2.05) is 32.2 Å². The van der Waals surface area contributed by atoms with E-state index in [-0.39, 0.29) is 6.04 Å². The van der Waals surface area contributed by atoms with Gasteiger partial charge in [-0.2, -0.15) is 0 Å². The number of allylic oxidation sites excluding steroid dienone is 3. The van der Waals surface area contributed by atoms with Crippen LogP contribution in [-0.2, 0) is 0 Å². The molecule has 1 unspecified atom stereocenters. The summed E-state index contributed by atoms with van der Waals surface area (Å²) in [5, 5.41) is 3.13. The Morgan fingerprint density at radius 3 is 2.67 bits per heavy atom. The van der Waals surface area contributed by atoms with E-state index in [4.69, 9.17) is 5.73 Å². The van der Waals surface area contributed by atoms with Gasteiger partial charge in [0.25, 0.3) is 0 Å². The van der Waals surface area contributed by atoms with Gasteiger partial charge in [0, 0.05) is 12.6 Å². The van der Waals surface area contributed by atoms with Gasteiger partial charge in [-0.3, -0.25) is 0 Å². The van der Waals surface area contributed by atoms with E-state index in [2.05, 4.69) is 11.9 Å². The average Bonchev–Trinajstić information content (AvgIpc) is 2.07. The average molecular weight is 166 g/mol. The fourth-order valence-electron chi connectivity index (χ4n) is 1.04. The van der Waals surface area contributed by atoms with Crippen LogP contribution in [0.3, 0.4) is 0 Å². The predicted octanol–water partition coefficient (Wildman–Crippen LogP) is 1.22. The molecule has 0 saturated carbocycles. The summed E-state index contributed by atoms with van der Waals surface area (Å²) in [5.41, 5.74) is 6.74. The Labute approximate surface area is 74.8 Å². The summed E-state index contributed by atoms with van der Waals surface area (Å²) in [6.45, 7) is 6.24. The van der Waals surface area contributed by atoms with Crippen LogP contribution in [-0.4, -0.2) is 19.6 Å². The molecule has 0 saturated heterocycles. The minimum absolute atomic E-state index is 0.221. The van der Waals surface area contributed by atoms with Crippen molar-refractivity contribution in [3.63, 3.8) is 0 Å². The maximum absolute atomic E-state index is 5.57. The molecule has 0 fully saturated rings. The van der Waals surface area contributed by atoms with Crippen LogP contribution >= 0.6 is 0 Å². The van der Waals surface area contributed by atoms with Crippen molar-refractivity contribution in [2.75, 3.05) is 13.6 Å². The van der Waals surface area contributed by atoms with Gasteiger partial charge >= 0.3 is 0 Å². The van der Waals surface area contributed by atoms with Gasteiger partial charge in [-0.25, -0.2) is 0 Å². The lowest BCUT2D eigenvalue weighted by Crippen LogP contribution is -2.34. The van der Waals surface area contributed by atoms with E-state index >= 15 is 0 Å². The highest BCUT2D eigenvalue weighted by Crippen LogP contribution is 2.03. The number of hydrogen-bond donors (Lipinski definition) is 2. The molecule has 1 atom stereocenters. The minimum atomic E-state index is 0.221. The van der Waals surface area contributed by atoms with Crippen molar-refractivity contribution in [3.8, 4) is 0 Å². The Hall–Kier alpha value is -0.860. The van der Waals surface area contributed by atoms with Gasteiger partial charge in [-0.15, -0.1) is 0 Å². The summed E-state index contributed by atoms with van der Waals surface area (Å²) in [6.07, 6.45) is 7.77. The molecular formula is C10H18N2. The zero-order valence-corrected chi connectivity index (χ0v) is 7.88. The Morgan fingerprint density at radius 2 is 2.33 bits per heavy atom. The highest BCUT2D eigenvalue weighted by Gasteiger charge is 2.05. The molecule has 0 amide bonds. The predicted molar refractivity (Wildman–Crippen MR) is 55.0 cm³/mol. The molecule has 0 aromatic rings. The molecule has 0 aliphatic rings. The van der Waals surface area contributed by atoms with E-state index < -0.39 is 0 Å². The Balaban J connectivity index is 4.46. The molecular weight excluding hydrogens is 148 g/mol. The van der Waals surface area contributed by atoms with E-state index in [1.54, 1.807) is 6.08 Å². The molecule has 2 heteroatoms. The molecule has 0 aromatic heterocycles. The van der Waals surface area contributed by atoms with Crippen molar-refractivity contribution in [2.45, 2.75) is 13.0 Å². The first-order chi connectivity index (χ1) is 5.79. The molecule has 68 valence electrons. The topological polar surface area (TPSA) is 38.0 Å². The van der Waals surface area contributed by atoms with Crippen LogP contribution in [0.25, 0.3) is 0 Å². The highest BCUT2D eigenvalue weighted by atomic mass is 14.9. The van der Waals surface area contributed by atoms with Crippen molar-refractivity contribution in [1.82, 2.24) is 5.32 Å². The minimum Gasteiger partial charge on any atom is -0.329 e. The van der Waals surface area contributed by atoms with Crippen molar-refractivity contribution in [1.29, 1.82) is 0 Å². The third-order valence-corrected chi connectivity index (χ3v) is 1.66. The molecule has 0 spiro atoms. The number of nitrogens with two attached hydrogens (primary N) is 1. The van der Waals surface area contributed by atoms with Gasteiger partial charge in [-0.05, 0) is 19.5 Å². The molecule has 12 heavy (non-hydrogen) atoms. The SMILES string of the molecule is C=C/C=C(\C=C/C)C(CN)NC. The first kappa shape index (κ1) is 11.1. The number of likely N-dealkylation sites (N-methyl/N-ethyl adjacent to an activating group) is 1. The third-order valence-electron chi connectivity index (χ3n) is 1.66. The summed E-state index contributed by atoms with van der Waals surface area (Å²) in [6, 6.07) is 0.221. The van der Waals surface area contributed by atoms with Gasteiger partial charge < -0.3 is 11.1 Å². The van der Waals surface area contributed by atoms with Crippen LogP contribution in [0.2, 0.25) is 0 Å². The monoisotopic (exact) mass is 166 g/mol. The molecule has 3 N–H and O–H groups in total. The highest BCUT2D eigenvalue weighted by molar-refractivity contribution is 5.28. The first-order valence-electron chi connectivity index (χ1n) is 4.12. The Kier molecular flexibility index (Phi) is 6.34. The lowest BCUT2D eigenvalue weighted by molar-refractivity contribution is 0.656. The standard InChI is InChI=1S/C10H18N2/c1-4-6-9(7-5-2)10(8-11)12-3/h4-7,10,12H,1,8,11H2,2-3H3/b7-5-,9-6+. The zero-order chi connectivity index (χ0) is 9.40. The smallest absolute Gasteiger partial charge is 0.0441 e. The molecule has 0 rings (SSSR count). The third kappa shape index (κ3) is 3.51. The molecule has 2 nitrogen and oxygen atoms in total. The van der Waals surface area contributed by atoms with Crippen LogP contribution in [0.1, 0.15) is 6.92 Å². The summed E-state index contributed by atoms with van der Waals surface area (Å²) >= 11 is 0. The van der Waals surface area contributed by atoms with E-state index in [9.17, 15) is 0 Å². The van der Waals surface area contributed by atoms with E-state index in [1.165, 1.54) is 0 Å². The second-order valence-corrected chi connectivity index (χ2v) is 2.48. The second-order valence-electron chi connectivity index (χ2n) is 2.48. The van der Waals surface area contributed by atoms with Gasteiger partial charge in [0.15, 0.2) is 0 Å². The van der Waals surface area contributed by atoms with Crippen LogP contribution < -0.4 is 11.1 Å². The van der Waals surface area contributed by atoms with E-state index in [0.717, 1.165) is 5.57 Å². The van der Waals surface area contributed by atoms with Crippen molar-refractivity contribution in [3.05, 3.63) is 36.5 Å². The summed E-state index contributed by atoms with van der Waals surface area (Å²) in [4.78, 5) is 0. The quantitative estimate of drug-likeness (QED) is 0.603. The second kappa shape index (κ2) is 6.83. The molecule has 0 bridgehead atoms. The largest absolute Gasteiger partial charge is 0.329 e. The van der Waals surface area contributed by atoms with Crippen LogP contribution in [0, 0.1) is 0 Å². The Morgan fingerprint density at radius 1 is 1.67 bits per heavy atom. The van der Waals surface area contributed by atoms with Crippen molar-refractivity contribution in [2.24, 2.45) is 5.73 Å². The number of rotatable bonds is 5. The summed E-state index contributed by atoms with van der Waals surface area (Å²) in [5.74, 6) is 0. The fraction of sp³-hybridized carbons (Fsp3) is 0.400. The zero-order valence-electron chi connectivity index (χ0n) is 7.88. The maximum atomic E-state index is 5.57. The van der Waals surface area contributed by atoms with E-state index in [0.29, 0.717) is 6.54 Å². The normalized spacial score (nSPS) is 15.1. The van der Waals surface area contributed by atoms with Crippen LogP contribution in [0.15, 0.2) is 36.5 Å². The molecule has 0 aliphatic carbocycles. The molecule has 0 aromatic carbocycles. The fourth-order valence-corrected chi connectivity index (χ4v) is 1.04. The van der Waals surface area contributed by atoms with Gasteiger partial charge in [0.1, 0.15) is 0 Å². The molecule has 0 radical (unpaired) electrons. The van der Waals surface area contributed by atoms with Crippen molar-refractivity contribution >= 4 is 0 Å². The Bertz CT molecular complexity index is 176. The molecule has 0 aliphatic heterocycles. The summed E-state index contributed by atoms with van der Waals surface area (Å²) < 4.78 is 0. The van der Waals surface area contributed by atoms with Crippen LogP contribution in [0.4, 0.5) is 0 Å². The lowest BCUT2D eigenvalue weighted by atomic mass is 10.1. The van der Waals surface area contributed by atoms with Crippen molar-refractivity contribution < 1.29 is 0 Å². The number of nitrogens with one attached hydrogen (secondary N) is 1. The molecule has 0 heterocycles. The van der Waals surface area contributed by atoms with Gasteiger partial charge in [0.2, 0.25) is 0 Å². The number of hydrogen-bond acceptors (Lipinski definition) is 2. The summed E-state index contributed by atoms with van der Waals surface area (Å²) in [7, 11) is 1.90. The van der Waals surface area contributed by atoms with Gasteiger partial charge in [-0.1, -0.05) is 30.9 Å². The van der Waals surface area contributed by atoms with Crippen LogP contribution in [0.5, 0.6) is 0 Å². The lowest BCUT2D eigenvalue weighted by Gasteiger charge is -2.14. The van der Waals surface area contributed by atoms with Gasteiger partial charge in [0.05, 0.1) is 0 Å².